The number of rotatable bonds is 3. The zero-order chi connectivity index (χ0) is 16.5. The van der Waals surface area contributed by atoms with Crippen LogP contribution in [0.5, 0.6) is 0 Å². The van der Waals surface area contributed by atoms with Gasteiger partial charge in [-0.25, -0.2) is 9.50 Å². The zero-order valence-corrected chi connectivity index (χ0v) is 13.6. The van der Waals surface area contributed by atoms with Gasteiger partial charge in [-0.1, -0.05) is 24.3 Å². The number of hydrogen-bond donors (Lipinski definition) is 1. The Hall–Kier alpha value is -2.73. The smallest absolute Gasteiger partial charge is 0.234 e. The summed E-state index contributed by atoms with van der Waals surface area (Å²) in [4.78, 5) is 18.1. The van der Waals surface area contributed by atoms with E-state index in [1.807, 2.05) is 23.7 Å². The Morgan fingerprint density at radius 3 is 2.88 bits per heavy atom. The van der Waals surface area contributed by atoms with Gasteiger partial charge in [-0.05, 0) is 24.1 Å². The SMILES string of the molecule is Cc1nn2cccnc2c1-c1ccc(CN2CCNC(=O)C2)cc1. The standard InChI is InChI=1S/C18H19N5O/c1-13-17(18-20-7-2-9-23(18)21-13)15-5-3-14(4-6-15)11-22-10-8-19-16(24)12-22/h2-7,9H,8,10-12H2,1H3,(H,19,24). The van der Waals surface area contributed by atoms with Crippen LogP contribution in [0.2, 0.25) is 0 Å². The lowest BCUT2D eigenvalue weighted by atomic mass is 10.0. The van der Waals surface area contributed by atoms with Crippen LogP contribution >= 0.6 is 0 Å². The van der Waals surface area contributed by atoms with Crippen molar-refractivity contribution in [3.8, 4) is 11.1 Å². The van der Waals surface area contributed by atoms with E-state index in [0.29, 0.717) is 6.54 Å². The van der Waals surface area contributed by atoms with Crippen molar-refractivity contribution >= 4 is 11.6 Å². The van der Waals surface area contributed by atoms with Gasteiger partial charge >= 0.3 is 0 Å². The summed E-state index contributed by atoms with van der Waals surface area (Å²) in [6.45, 7) is 4.89. The minimum Gasteiger partial charge on any atom is -0.354 e. The second-order valence-corrected chi connectivity index (χ2v) is 6.11. The Morgan fingerprint density at radius 1 is 1.25 bits per heavy atom. The highest BCUT2D eigenvalue weighted by molar-refractivity contribution is 5.80. The topological polar surface area (TPSA) is 62.5 Å². The number of benzene rings is 1. The van der Waals surface area contributed by atoms with E-state index >= 15 is 0 Å². The van der Waals surface area contributed by atoms with Gasteiger partial charge in [0.1, 0.15) is 0 Å². The number of nitrogens with one attached hydrogen (secondary N) is 1. The first kappa shape index (κ1) is 14.8. The fourth-order valence-electron chi connectivity index (χ4n) is 3.20. The first-order valence-electron chi connectivity index (χ1n) is 8.09. The van der Waals surface area contributed by atoms with E-state index in [1.165, 1.54) is 5.56 Å². The molecule has 1 aromatic carbocycles. The van der Waals surface area contributed by atoms with Gasteiger partial charge in [0.15, 0.2) is 5.65 Å². The minimum absolute atomic E-state index is 0.103. The van der Waals surface area contributed by atoms with Crippen LogP contribution in [-0.2, 0) is 11.3 Å². The van der Waals surface area contributed by atoms with Crippen molar-refractivity contribution in [1.29, 1.82) is 0 Å². The molecule has 1 N–H and O–H groups in total. The van der Waals surface area contributed by atoms with Crippen LogP contribution in [0.25, 0.3) is 16.8 Å². The fourth-order valence-corrected chi connectivity index (χ4v) is 3.20. The van der Waals surface area contributed by atoms with Gasteiger partial charge in [0.2, 0.25) is 5.91 Å². The van der Waals surface area contributed by atoms with Crippen molar-refractivity contribution in [2.45, 2.75) is 13.5 Å². The van der Waals surface area contributed by atoms with Crippen molar-refractivity contribution in [2.24, 2.45) is 0 Å². The molecule has 1 aliphatic rings. The van der Waals surface area contributed by atoms with Crippen LogP contribution in [0.1, 0.15) is 11.3 Å². The molecule has 4 rings (SSSR count). The first-order chi connectivity index (χ1) is 11.7. The van der Waals surface area contributed by atoms with Gasteiger partial charge < -0.3 is 5.32 Å². The lowest BCUT2D eigenvalue weighted by Crippen LogP contribution is -2.47. The third kappa shape index (κ3) is 2.76. The summed E-state index contributed by atoms with van der Waals surface area (Å²) in [6.07, 6.45) is 3.70. The molecule has 3 aromatic rings. The summed E-state index contributed by atoms with van der Waals surface area (Å²) < 4.78 is 1.81. The van der Waals surface area contributed by atoms with E-state index < -0.39 is 0 Å². The molecule has 6 heteroatoms. The highest BCUT2D eigenvalue weighted by Gasteiger charge is 2.16. The molecular formula is C18H19N5O. The van der Waals surface area contributed by atoms with Crippen molar-refractivity contribution in [1.82, 2.24) is 24.8 Å². The molecule has 1 fully saturated rings. The van der Waals surface area contributed by atoms with Crippen molar-refractivity contribution < 1.29 is 4.79 Å². The number of fused-ring (bicyclic) bond motifs is 1. The largest absolute Gasteiger partial charge is 0.354 e. The number of carbonyl (C=O) groups is 1. The van der Waals surface area contributed by atoms with E-state index in [9.17, 15) is 4.79 Å². The molecule has 122 valence electrons. The van der Waals surface area contributed by atoms with Gasteiger partial charge in [-0.2, -0.15) is 5.10 Å². The van der Waals surface area contributed by atoms with E-state index in [0.717, 1.165) is 42.1 Å². The second-order valence-electron chi connectivity index (χ2n) is 6.11. The van der Waals surface area contributed by atoms with Gasteiger partial charge in [0.05, 0.1) is 12.2 Å². The quantitative estimate of drug-likeness (QED) is 0.796. The monoisotopic (exact) mass is 321 g/mol. The van der Waals surface area contributed by atoms with Crippen molar-refractivity contribution in [2.75, 3.05) is 19.6 Å². The molecular weight excluding hydrogens is 302 g/mol. The van der Waals surface area contributed by atoms with Gasteiger partial charge in [0, 0.05) is 37.6 Å². The number of aryl methyl sites for hydroxylation is 1. The molecule has 0 aliphatic carbocycles. The van der Waals surface area contributed by atoms with Crippen LogP contribution in [-0.4, -0.2) is 45.0 Å². The lowest BCUT2D eigenvalue weighted by molar-refractivity contribution is -0.124. The maximum Gasteiger partial charge on any atom is 0.234 e. The zero-order valence-electron chi connectivity index (χ0n) is 13.6. The summed E-state index contributed by atoms with van der Waals surface area (Å²) in [5, 5.41) is 7.37. The number of nitrogens with zero attached hydrogens (tertiary/aromatic N) is 4. The highest BCUT2D eigenvalue weighted by Crippen LogP contribution is 2.27. The number of piperazine rings is 1. The average molecular weight is 321 g/mol. The summed E-state index contributed by atoms with van der Waals surface area (Å²) in [7, 11) is 0. The molecule has 0 spiro atoms. The molecule has 1 amide bonds. The Balaban J connectivity index is 1.59. The number of hydrogen-bond acceptors (Lipinski definition) is 4. The molecule has 0 atom stereocenters. The van der Waals surface area contributed by atoms with Gasteiger partial charge in [0.25, 0.3) is 0 Å². The summed E-state index contributed by atoms with van der Waals surface area (Å²) >= 11 is 0. The second kappa shape index (κ2) is 6.05. The number of amides is 1. The van der Waals surface area contributed by atoms with Crippen molar-refractivity contribution in [3.05, 3.63) is 54.0 Å². The lowest BCUT2D eigenvalue weighted by Gasteiger charge is -2.26. The number of aromatic nitrogens is 3. The summed E-state index contributed by atoms with van der Waals surface area (Å²) in [5.41, 5.74) is 5.22. The molecule has 0 unspecified atom stereocenters. The number of carbonyl (C=O) groups excluding carboxylic acids is 1. The average Bonchev–Trinajstić information content (AvgIpc) is 2.91. The van der Waals surface area contributed by atoms with Crippen LogP contribution < -0.4 is 5.32 Å². The fraction of sp³-hybridized carbons (Fsp3) is 0.278. The molecule has 0 saturated carbocycles. The maximum absolute atomic E-state index is 11.5. The van der Waals surface area contributed by atoms with Crippen LogP contribution in [0.15, 0.2) is 42.7 Å². The van der Waals surface area contributed by atoms with Crippen LogP contribution in [0.4, 0.5) is 0 Å². The molecule has 1 saturated heterocycles. The predicted molar refractivity (Wildman–Crippen MR) is 91.4 cm³/mol. The van der Waals surface area contributed by atoms with E-state index in [1.54, 1.807) is 6.20 Å². The minimum atomic E-state index is 0.103. The molecule has 3 heterocycles. The van der Waals surface area contributed by atoms with Crippen LogP contribution in [0, 0.1) is 6.92 Å². The third-order valence-corrected chi connectivity index (χ3v) is 4.34. The summed E-state index contributed by atoms with van der Waals surface area (Å²) in [5.74, 6) is 0.103. The Labute approximate surface area is 140 Å². The van der Waals surface area contributed by atoms with E-state index in [-0.39, 0.29) is 5.91 Å². The maximum atomic E-state index is 11.5. The Kier molecular flexibility index (Phi) is 3.74. The normalized spacial score (nSPS) is 15.6. The molecule has 0 radical (unpaired) electrons. The van der Waals surface area contributed by atoms with E-state index in [4.69, 9.17) is 0 Å². The third-order valence-electron chi connectivity index (χ3n) is 4.34. The van der Waals surface area contributed by atoms with Crippen LogP contribution in [0.3, 0.4) is 0 Å². The van der Waals surface area contributed by atoms with E-state index in [2.05, 4.69) is 44.6 Å². The summed E-state index contributed by atoms with van der Waals surface area (Å²) in [6, 6.07) is 10.3. The molecule has 24 heavy (non-hydrogen) atoms. The molecule has 1 aliphatic heterocycles. The highest BCUT2D eigenvalue weighted by atomic mass is 16.2. The Bertz CT molecular complexity index is 884. The molecule has 6 nitrogen and oxygen atoms in total. The van der Waals surface area contributed by atoms with Gasteiger partial charge in [-0.15, -0.1) is 0 Å². The first-order valence-corrected chi connectivity index (χ1v) is 8.09. The Morgan fingerprint density at radius 2 is 2.08 bits per heavy atom. The predicted octanol–water partition coefficient (Wildman–Crippen LogP) is 1.64. The molecule has 2 aromatic heterocycles. The van der Waals surface area contributed by atoms with Crippen molar-refractivity contribution in [3.63, 3.8) is 0 Å². The van der Waals surface area contributed by atoms with Gasteiger partial charge in [-0.3, -0.25) is 9.69 Å². The molecule has 0 bridgehead atoms.